The Balaban J connectivity index is 4.38. The Kier molecular flexibility index (Phi) is 7.54. The third kappa shape index (κ3) is 6.94. The van der Waals surface area contributed by atoms with Crippen LogP contribution in [0.5, 0.6) is 0 Å². The van der Waals surface area contributed by atoms with E-state index in [2.05, 4.69) is 16.2 Å². The van der Waals surface area contributed by atoms with Crippen molar-refractivity contribution in [2.75, 3.05) is 6.54 Å². The SMILES string of the molecule is CCNNC(=O)N[C@H](CC(C)C)C(=O)C(C)C. The van der Waals surface area contributed by atoms with E-state index in [0.29, 0.717) is 18.9 Å². The summed E-state index contributed by atoms with van der Waals surface area (Å²) in [4.78, 5) is 23.4. The number of carbonyl (C=O) groups excluding carboxylic acids is 2. The molecule has 3 N–H and O–H groups in total. The van der Waals surface area contributed by atoms with Crippen LogP contribution >= 0.6 is 0 Å². The van der Waals surface area contributed by atoms with Gasteiger partial charge in [0.1, 0.15) is 0 Å². The van der Waals surface area contributed by atoms with E-state index >= 15 is 0 Å². The average molecular weight is 243 g/mol. The predicted octanol–water partition coefficient (Wildman–Crippen LogP) is 1.45. The minimum absolute atomic E-state index is 0.0711. The molecule has 0 unspecified atom stereocenters. The Labute approximate surface area is 104 Å². The van der Waals surface area contributed by atoms with Crippen molar-refractivity contribution in [2.24, 2.45) is 11.8 Å². The first-order chi connectivity index (χ1) is 7.88. The van der Waals surface area contributed by atoms with Crippen LogP contribution in [0.3, 0.4) is 0 Å². The summed E-state index contributed by atoms with van der Waals surface area (Å²) in [6, 6.07) is -0.764. The van der Waals surface area contributed by atoms with Crippen LogP contribution in [-0.2, 0) is 4.79 Å². The molecular formula is C12H25N3O2. The molecule has 0 saturated carbocycles. The van der Waals surface area contributed by atoms with Gasteiger partial charge in [-0.05, 0) is 12.3 Å². The fourth-order valence-corrected chi connectivity index (χ4v) is 1.48. The highest BCUT2D eigenvalue weighted by molar-refractivity contribution is 5.89. The van der Waals surface area contributed by atoms with Gasteiger partial charge in [-0.2, -0.15) is 0 Å². The Bertz CT molecular complexity index is 252. The molecule has 5 heteroatoms. The third-order valence-corrected chi connectivity index (χ3v) is 2.30. The van der Waals surface area contributed by atoms with Crippen molar-refractivity contribution < 1.29 is 9.59 Å². The smallest absolute Gasteiger partial charge is 0.327 e. The lowest BCUT2D eigenvalue weighted by Gasteiger charge is -2.21. The predicted molar refractivity (Wildman–Crippen MR) is 68.4 cm³/mol. The summed E-state index contributed by atoms with van der Waals surface area (Å²) >= 11 is 0. The van der Waals surface area contributed by atoms with Crippen molar-refractivity contribution in [3.05, 3.63) is 0 Å². The van der Waals surface area contributed by atoms with Gasteiger partial charge in [0.15, 0.2) is 5.78 Å². The number of ketones is 1. The number of nitrogens with one attached hydrogen (secondary N) is 3. The Morgan fingerprint density at radius 3 is 2.12 bits per heavy atom. The van der Waals surface area contributed by atoms with Crippen LogP contribution in [0.15, 0.2) is 0 Å². The maximum absolute atomic E-state index is 11.9. The van der Waals surface area contributed by atoms with E-state index in [9.17, 15) is 9.59 Å². The Morgan fingerprint density at radius 2 is 1.71 bits per heavy atom. The normalized spacial score (nSPS) is 12.6. The maximum atomic E-state index is 11.9. The van der Waals surface area contributed by atoms with Gasteiger partial charge in [-0.15, -0.1) is 0 Å². The van der Waals surface area contributed by atoms with Crippen LogP contribution in [0.1, 0.15) is 41.0 Å². The zero-order valence-corrected chi connectivity index (χ0v) is 11.5. The molecule has 0 radical (unpaired) electrons. The van der Waals surface area contributed by atoms with Gasteiger partial charge in [0.2, 0.25) is 0 Å². The van der Waals surface area contributed by atoms with E-state index in [0.717, 1.165) is 0 Å². The van der Waals surface area contributed by atoms with Gasteiger partial charge in [0.25, 0.3) is 0 Å². The summed E-state index contributed by atoms with van der Waals surface area (Å²) in [5, 5.41) is 2.70. The number of amides is 2. The molecule has 0 spiro atoms. The maximum Gasteiger partial charge on any atom is 0.329 e. The molecule has 0 saturated heterocycles. The first kappa shape index (κ1) is 15.9. The second-order valence-electron chi connectivity index (χ2n) is 4.87. The third-order valence-electron chi connectivity index (χ3n) is 2.30. The lowest BCUT2D eigenvalue weighted by molar-refractivity contribution is -0.124. The minimum Gasteiger partial charge on any atom is -0.327 e. The van der Waals surface area contributed by atoms with Crippen LogP contribution in [-0.4, -0.2) is 24.4 Å². The first-order valence-electron chi connectivity index (χ1n) is 6.21. The summed E-state index contributed by atoms with van der Waals surface area (Å²) < 4.78 is 0. The van der Waals surface area contributed by atoms with E-state index in [1.165, 1.54) is 0 Å². The second kappa shape index (κ2) is 8.06. The molecule has 17 heavy (non-hydrogen) atoms. The number of hydrazine groups is 1. The molecule has 0 rings (SSSR count). The molecule has 0 bridgehead atoms. The summed E-state index contributed by atoms with van der Waals surface area (Å²) in [6.07, 6.45) is 0.663. The topological polar surface area (TPSA) is 70.2 Å². The van der Waals surface area contributed by atoms with Gasteiger partial charge < -0.3 is 5.32 Å². The molecule has 0 fully saturated rings. The average Bonchev–Trinajstić information content (AvgIpc) is 2.23. The summed E-state index contributed by atoms with van der Waals surface area (Å²) in [7, 11) is 0. The number of Topliss-reactive ketones (excluding diaryl/α,β-unsaturated/α-hetero) is 1. The largest absolute Gasteiger partial charge is 0.329 e. The number of urea groups is 1. The van der Waals surface area contributed by atoms with Crippen molar-refractivity contribution in [3.63, 3.8) is 0 Å². The molecular weight excluding hydrogens is 218 g/mol. The van der Waals surface area contributed by atoms with Crippen LogP contribution in [0.4, 0.5) is 4.79 Å². The van der Waals surface area contributed by atoms with Gasteiger partial charge in [0, 0.05) is 12.5 Å². The molecule has 0 aromatic carbocycles. The zero-order chi connectivity index (χ0) is 13.4. The van der Waals surface area contributed by atoms with Crippen molar-refractivity contribution in [3.8, 4) is 0 Å². The van der Waals surface area contributed by atoms with Crippen LogP contribution in [0.25, 0.3) is 0 Å². The highest BCUT2D eigenvalue weighted by Crippen LogP contribution is 2.10. The van der Waals surface area contributed by atoms with E-state index in [4.69, 9.17) is 0 Å². The number of hydrogen-bond acceptors (Lipinski definition) is 3. The molecule has 0 aliphatic rings. The van der Waals surface area contributed by atoms with Crippen LogP contribution < -0.4 is 16.2 Å². The lowest BCUT2D eigenvalue weighted by Crippen LogP contribution is -2.51. The highest BCUT2D eigenvalue weighted by atomic mass is 16.2. The van der Waals surface area contributed by atoms with E-state index < -0.39 is 6.04 Å². The highest BCUT2D eigenvalue weighted by Gasteiger charge is 2.23. The zero-order valence-electron chi connectivity index (χ0n) is 11.5. The van der Waals surface area contributed by atoms with Gasteiger partial charge in [0.05, 0.1) is 6.04 Å². The number of hydrogen-bond donors (Lipinski definition) is 3. The molecule has 1 atom stereocenters. The summed E-state index contributed by atoms with van der Waals surface area (Å²) in [6.45, 7) is 10.3. The fraction of sp³-hybridized carbons (Fsp3) is 0.833. The molecule has 100 valence electrons. The molecule has 0 heterocycles. The van der Waals surface area contributed by atoms with E-state index in [1.807, 2.05) is 34.6 Å². The summed E-state index contributed by atoms with van der Waals surface area (Å²) in [5.41, 5.74) is 5.18. The molecule has 0 aromatic heterocycles. The standard InChI is InChI=1S/C12H25N3O2/c1-6-13-15-12(17)14-10(7-8(2)3)11(16)9(4)5/h8-10,13H,6-7H2,1-5H3,(H2,14,15,17)/t10-/m1/s1. The van der Waals surface area contributed by atoms with Gasteiger partial charge in [-0.25, -0.2) is 10.2 Å². The molecule has 2 amide bonds. The molecule has 0 aliphatic heterocycles. The number of rotatable bonds is 7. The van der Waals surface area contributed by atoms with Gasteiger partial charge in [-0.3, -0.25) is 10.2 Å². The van der Waals surface area contributed by atoms with Crippen molar-refractivity contribution in [1.82, 2.24) is 16.2 Å². The van der Waals surface area contributed by atoms with E-state index in [1.54, 1.807) is 0 Å². The monoisotopic (exact) mass is 243 g/mol. The molecule has 5 nitrogen and oxygen atoms in total. The Morgan fingerprint density at radius 1 is 1.12 bits per heavy atom. The minimum atomic E-state index is -0.409. The van der Waals surface area contributed by atoms with Gasteiger partial charge in [-0.1, -0.05) is 34.6 Å². The van der Waals surface area contributed by atoms with E-state index in [-0.39, 0.29) is 17.7 Å². The molecule has 0 aromatic rings. The first-order valence-corrected chi connectivity index (χ1v) is 6.21. The van der Waals surface area contributed by atoms with Crippen molar-refractivity contribution in [2.45, 2.75) is 47.1 Å². The van der Waals surface area contributed by atoms with Crippen LogP contribution in [0.2, 0.25) is 0 Å². The molecule has 0 aliphatic carbocycles. The van der Waals surface area contributed by atoms with Gasteiger partial charge >= 0.3 is 6.03 Å². The lowest BCUT2D eigenvalue weighted by atomic mass is 9.94. The number of carbonyl (C=O) groups is 2. The Hall–Kier alpha value is -1.10. The summed E-state index contributed by atoms with van der Waals surface area (Å²) in [5.74, 6) is 0.366. The van der Waals surface area contributed by atoms with Crippen molar-refractivity contribution in [1.29, 1.82) is 0 Å². The quantitative estimate of drug-likeness (QED) is 0.593. The van der Waals surface area contributed by atoms with Crippen LogP contribution in [0, 0.1) is 11.8 Å². The fourth-order valence-electron chi connectivity index (χ4n) is 1.48. The van der Waals surface area contributed by atoms with Crippen molar-refractivity contribution >= 4 is 11.8 Å². The second-order valence-corrected chi connectivity index (χ2v) is 4.87.